The Hall–Kier alpha value is -1.21. The first-order chi connectivity index (χ1) is 8.31. The van der Waals surface area contributed by atoms with E-state index < -0.39 is 28.9 Å². The minimum Gasteiger partial charge on any atom is -0.305 e. The molecule has 0 fully saturated rings. The first kappa shape index (κ1) is 14.8. The summed E-state index contributed by atoms with van der Waals surface area (Å²) in [6.45, 7) is 1.37. The Kier molecular flexibility index (Phi) is 5.03. The molecule has 0 aliphatic carbocycles. The van der Waals surface area contributed by atoms with Crippen LogP contribution in [0.5, 0.6) is 0 Å². The number of carbonyl (C=O) groups is 2. The lowest BCUT2D eigenvalue weighted by Gasteiger charge is -2.09. The molecule has 0 aliphatic heterocycles. The summed E-state index contributed by atoms with van der Waals surface area (Å²) in [7, 11) is 0. The van der Waals surface area contributed by atoms with E-state index in [1.807, 2.05) is 5.32 Å². The molecule has 0 radical (unpaired) electrons. The van der Waals surface area contributed by atoms with Crippen LogP contribution in [-0.2, 0) is 4.79 Å². The summed E-state index contributed by atoms with van der Waals surface area (Å²) >= 11 is 8.27. The highest BCUT2D eigenvalue weighted by molar-refractivity contribution is 9.10. The SMILES string of the molecule is CC(Cl)C(=O)NC(=O)Nc1cc(Br)c(F)cc1F. The lowest BCUT2D eigenvalue weighted by molar-refractivity contribution is -0.119. The largest absolute Gasteiger partial charge is 0.326 e. The van der Waals surface area contributed by atoms with E-state index in [2.05, 4.69) is 21.2 Å². The second-order valence-electron chi connectivity index (χ2n) is 3.31. The number of nitrogens with one attached hydrogen (secondary N) is 2. The molecule has 8 heteroatoms. The van der Waals surface area contributed by atoms with Crippen molar-refractivity contribution in [1.82, 2.24) is 5.32 Å². The average Bonchev–Trinajstić information content (AvgIpc) is 2.25. The zero-order valence-corrected chi connectivity index (χ0v) is 11.4. The van der Waals surface area contributed by atoms with Crippen LogP contribution in [0.25, 0.3) is 0 Å². The van der Waals surface area contributed by atoms with Crippen LogP contribution >= 0.6 is 27.5 Å². The first-order valence-corrected chi connectivity index (χ1v) is 5.94. The molecule has 0 aromatic heterocycles. The van der Waals surface area contributed by atoms with Gasteiger partial charge in [0.15, 0.2) is 0 Å². The van der Waals surface area contributed by atoms with E-state index in [0.717, 1.165) is 6.07 Å². The molecule has 2 N–H and O–H groups in total. The number of benzene rings is 1. The minimum atomic E-state index is -0.961. The van der Waals surface area contributed by atoms with Crippen molar-refractivity contribution in [2.45, 2.75) is 12.3 Å². The summed E-state index contributed by atoms with van der Waals surface area (Å²) in [6.07, 6.45) is 0. The fraction of sp³-hybridized carbons (Fsp3) is 0.200. The second kappa shape index (κ2) is 6.10. The van der Waals surface area contributed by atoms with Gasteiger partial charge in [-0.05, 0) is 28.9 Å². The normalized spacial score (nSPS) is 11.8. The number of alkyl halides is 1. The maximum Gasteiger partial charge on any atom is 0.326 e. The monoisotopic (exact) mass is 340 g/mol. The first-order valence-electron chi connectivity index (χ1n) is 4.71. The lowest BCUT2D eigenvalue weighted by atomic mass is 10.3. The quantitative estimate of drug-likeness (QED) is 0.642. The van der Waals surface area contributed by atoms with Crippen molar-refractivity contribution in [3.05, 3.63) is 28.2 Å². The molecule has 1 rings (SSSR count). The standard InChI is InChI=1S/C10H8BrClF2N2O2/c1-4(12)9(17)16-10(18)15-8-2-5(11)6(13)3-7(8)14/h2-4H,1H3,(H2,15,16,17,18). The van der Waals surface area contributed by atoms with Crippen molar-refractivity contribution >= 4 is 45.2 Å². The van der Waals surface area contributed by atoms with E-state index in [1.165, 1.54) is 6.92 Å². The number of rotatable bonds is 2. The number of urea groups is 1. The molecule has 1 atom stereocenters. The molecule has 0 heterocycles. The van der Waals surface area contributed by atoms with Gasteiger partial charge in [0.25, 0.3) is 0 Å². The van der Waals surface area contributed by atoms with E-state index in [4.69, 9.17) is 11.6 Å². The maximum atomic E-state index is 13.3. The second-order valence-corrected chi connectivity index (χ2v) is 4.81. The third-order valence-corrected chi connectivity index (χ3v) is 2.66. The van der Waals surface area contributed by atoms with Gasteiger partial charge in [0, 0.05) is 6.07 Å². The molecule has 0 bridgehead atoms. The molecule has 98 valence electrons. The van der Waals surface area contributed by atoms with Gasteiger partial charge in [-0.3, -0.25) is 10.1 Å². The predicted molar refractivity (Wildman–Crippen MR) is 66.5 cm³/mol. The van der Waals surface area contributed by atoms with Crippen LogP contribution in [0.4, 0.5) is 19.3 Å². The Balaban J connectivity index is 2.76. The number of hydrogen-bond acceptors (Lipinski definition) is 2. The van der Waals surface area contributed by atoms with Gasteiger partial charge < -0.3 is 5.32 Å². The van der Waals surface area contributed by atoms with Gasteiger partial charge in [-0.25, -0.2) is 13.6 Å². The molecule has 1 unspecified atom stereocenters. The molecule has 0 spiro atoms. The molecular weight excluding hydrogens is 333 g/mol. The lowest BCUT2D eigenvalue weighted by Crippen LogP contribution is -2.38. The van der Waals surface area contributed by atoms with Crippen LogP contribution in [0.1, 0.15) is 6.92 Å². The number of carbonyl (C=O) groups excluding carboxylic acids is 2. The molecule has 3 amide bonds. The van der Waals surface area contributed by atoms with Crippen molar-refractivity contribution in [2.24, 2.45) is 0 Å². The van der Waals surface area contributed by atoms with Crippen LogP contribution in [0.15, 0.2) is 16.6 Å². The Labute approximate surface area is 115 Å². The van der Waals surface area contributed by atoms with Crippen molar-refractivity contribution in [2.75, 3.05) is 5.32 Å². The highest BCUT2D eigenvalue weighted by atomic mass is 79.9. The third-order valence-electron chi connectivity index (χ3n) is 1.86. The summed E-state index contributed by atoms with van der Waals surface area (Å²) in [5, 5.41) is 3.05. The van der Waals surface area contributed by atoms with Crippen LogP contribution in [0.2, 0.25) is 0 Å². The number of amides is 3. The van der Waals surface area contributed by atoms with Crippen molar-refractivity contribution < 1.29 is 18.4 Å². The molecule has 0 saturated carbocycles. The number of anilines is 1. The summed E-state index contributed by atoms with van der Waals surface area (Å²) in [5.41, 5.74) is -0.268. The summed E-state index contributed by atoms with van der Waals surface area (Å²) in [4.78, 5) is 22.4. The van der Waals surface area contributed by atoms with E-state index in [0.29, 0.717) is 6.07 Å². The van der Waals surface area contributed by atoms with E-state index in [9.17, 15) is 18.4 Å². The van der Waals surface area contributed by atoms with Crippen molar-refractivity contribution in [1.29, 1.82) is 0 Å². The van der Waals surface area contributed by atoms with Gasteiger partial charge in [-0.15, -0.1) is 11.6 Å². The molecule has 0 aliphatic rings. The predicted octanol–water partition coefficient (Wildman–Crippen LogP) is 3.00. The highest BCUT2D eigenvalue weighted by Crippen LogP contribution is 2.23. The van der Waals surface area contributed by atoms with E-state index >= 15 is 0 Å². The molecule has 1 aromatic carbocycles. The Morgan fingerprint density at radius 1 is 1.33 bits per heavy atom. The zero-order valence-electron chi connectivity index (χ0n) is 9.06. The summed E-state index contributed by atoms with van der Waals surface area (Å²) in [6, 6.07) is 0.690. The Bertz CT molecular complexity index is 497. The summed E-state index contributed by atoms with van der Waals surface area (Å²) in [5.74, 6) is -2.49. The van der Waals surface area contributed by atoms with Gasteiger partial charge in [0.05, 0.1) is 10.2 Å². The molecule has 1 aromatic rings. The Morgan fingerprint density at radius 3 is 2.50 bits per heavy atom. The number of hydrogen-bond donors (Lipinski definition) is 2. The van der Waals surface area contributed by atoms with Gasteiger partial charge in [0.2, 0.25) is 5.91 Å². The van der Waals surface area contributed by atoms with Crippen LogP contribution in [0.3, 0.4) is 0 Å². The van der Waals surface area contributed by atoms with E-state index in [-0.39, 0.29) is 10.2 Å². The Morgan fingerprint density at radius 2 is 1.94 bits per heavy atom. The highest BCUT2D eigenvalue weighted by Gasteiger charge is 2.15. The van der Waals surface area contributed by atoms with Crippen LogP contribution in [-0.4, -0.2) is 17.3 Å². The molecular formula is C10H8BrClF2N2O2. The number of halogens is 4. The van der Waals surface area contributed by atoms with Gasteiger partial charge >= 0.3 is 6.03 Å². The number of imide groups is 1. The fourth-order valence-corrected chi connectivity index (χ4v) is 1.38. The van der Waals surface area contributed by atoms with Gasteiger partial charge in [-0.1, -0.05) is 0 Å². The summed E-state index contributed by atoms with van der Waals surface area (Å²) < 4.78 is 26.2. The third kappa shape index (κ3) is 3.92. The molecule has 18 heavy (non-hydrogen) atoms. The van der Waals surface area contributed by atoms with E-state index in [1.54, 1.807) is 0 Å². The topological polar surface area (TPSA) is 58.2 Å². The van der Waals surface area contributed by atoms with Gasteiger partial charge in [0.1, 0.15) is 17.0 Å². The van der Waals surface area contributed by atoms with Crippen molar-refractivity contribution in [3.8, 4) is 0 Å². The zero-order chi connectivity index (χ0) is 13.9. The molecule has 0 saturated heterocycles. The fourth-order valence-electron chi connectivity index (χ4n) is 0.983. The smallest absolute Gasteiger partial charge is 0.305 e. The van der Waals surface area contributed by atoms with Crippen molar-refractivity contribution in [3.63, 3.8) is 0 Å². The van der Waals surface area contributed by atoms with Crippen LogP contribution < -0.4 is 10.6 Å². The maximum absolute atomic E-state index is 13.3. The minimum absolute atomic E-state index is 0.0174. The average molecular weight is 342 g/mol. The molecule has 4 nitrogen and oxygen atoms in total. The van der Waals surface area contributed by atoms with Gasteiger partial charge in [-0.2, -0.15) is 0 Å². The van der Waals surface area contributed by atoms with Crippen LogP contribution in [0, 0.1) is 11.6 Å².